The quantitative estimate of drug-likeness (QED) is 0.540. The van der Waals surface area contributed by atoms with Crippen molar-refractivity contribution in [1.82, 2.24) is 10.0 Å². The van der Waals surface area contributed by atoms with Gasteiger partial charge in [0.25, 0.3) is 0 Å². The van der Waals surface area contributed by atoms with Gasteiger partial charge in [0, 0.05) is 22.1 Å². The summed E-state index contributed by atoms with van der Waals surface area (Å²) in [7, 11) is -3.67. The second-order valence-corrected chi connectivity index (χ2v) is 10.9. The highest BCUT2D eigenvalue weighted by Crippen LogP contribution is 2.38. The van der Waals surface area contributed by atoms with Gasteiger partial charge in [-0.1, -0.05) is 59.6 Å². The Balaban J connectivity index is 1.54. The van der Waals surface area contributed by atoms with Gasteiger partial charge in [-0.15, -0.1) is 0 Å². The SMILES string of the molecule is CC(CNC(=O)OCc1ccccc1)S(=O)(=O)NC1(Cc2ccc(Cl)cc2Cl)CCC1. The average Bonchev–Trinajstić information content (AvgIpc) is 2.71. The molecule has 0 saturated heterocycles. The van der Waals surface area contributed by atoms with E-state index in [4.69, 9.17) is 27.9 Å². The molecule has 1 atom stereocenters. The van der Waals surface area contributed by atoms with E-state index < -0.39 is 26.9 Å². The van der Waals surface area contributed by atoms with E-state index in [-0.39, 0.29) is 13.2 Å². The molecule has 0 aromatic heterocycles. The first kappa shape index (κ1) is 23.9. The number of sulfonamides is 1. The van der Waals surface area contributed by atoms with E-state index in [9.17, 15) is 13.2 Å². The zero-order valence-electron chi connectivity index (χ0n) is 17.2. The van der Waals surface area contributed by atoms with Gasteiger partial charge < -0.3 is 10.1 Å². The molecule has 1 unspecified atom stereocenters. The molecule has 1 amide bonds. The maximum Gasteiger partial charge on any atom is 0.407 e. The van der Waals surface area contributed by atoms with Crippen molar-refractivity contribution in [3.05, 3.63) is 69.7 Å². The van der Waals surface area contributed by atoms with Crippen LogP contribution in [0.5, 0.6) is 0 Å². The summed E-state index contributed by atoms with van der Waals surface area (Å²) in [5, 5.41) is 2.77. The van der Waals surface area contributed by atoms with Crippen LogP contribution in [0.25, 0.3) is 0 Å². The van der Waals surface area contributed by atoms with Crippen molar-refractivity contribution in [1.29, 1.82) is 0 Å². The smallest absolute Gasteiger partial charge is 0.407 e. The molecule has 0 spiro atoms. The van der Waals surface area contributed by atoms with E-state index in [0.717, 1.165) is 30.4 Å². The predicted molar refractivity (Wildman–Crippen MR) is 123 cm³/mol. The third-order valence-corrected chi connectivity index (χ3v) is 8.02. The maximum absolute atomic E-state index is 12.9. The van der Waals surface area contributed by atoms with Gasteiger partial charge in [-0.25, -0.2) is 17.9 Å². The van der Waals surface area contributed by atoms with E-state index in [2.05, 4.69) is 10.0 Å². The summed E-state index contributed by atoms with van der Waals surface area (Å²) in [6.45, 7) is 1.62. The molecule has 0 bridgehead atoms. The van der Waals surface area contributed by atoms with E-state index in [1.807, 2.05) is 36.4 Å². The van der Waals surface area contributed by atoms with Crippen molar-refractivity contribution in [2.24, 2.45) is 0 Å². The standard InChI is InChI=1S/C22H26Cl2N2O4S/c1-16(14-25-21(27)30-15-17-6-3-2-4-7-17)31(28,29)26-22(10-5-11-22)13-18-8-9-19(23)12-20(18)24/h2-4,6-9,12,16,26H,5,10-11,13-15H2,1H3,(H,25,27). The van der Waals surface area contributed by atoms with Gasteiger partial charge in [0.1, 0.15) is 6.61 Å². The topological polar surface area (TPSA) is 84.5 Å². The zero-order chi connectivity index (χ0) is 22.5. The number of rotatable bonds is 9. The van der Waals surface area contributed by atoms with Gasteiger partial charge in [0.2, 0.25) is 10.0 Å². The summed E-state index contributed by atoms with van der Waals surface area (Å²) >= 11 is 12.2. The molecular formula is C22H26Cl2N2O4S. The number of hydrogen-bond donors (Lipinski definition) is 2. The van der Waals surface area contributed by atoms with Crippen molar-refractivity contribution in [2.75, 3.05) is 6.54 Å². The molecule has 6 nitrogen and oxygen atoms in total. The molecule has 168 valence electrons. The van der Waals surface area contributed by atoms with E-state index in [0.29, 0.717) is 16.5 Å². The molecule has 1 aliphatic rings. The number of carbonyl (C=O) groups is 1. The Morgan fingerprint density at radius 2 is 1.87 bits per heavy atom. The van der Waals surface area contributed by atoms with Crippen LogP contribution in [0, 0.1) is 0 Å². The maximum atomic E-state index is 12.9. The highest BCUT2D eigenvalue weighted by atomic mass is 35.5. The number of amides is 1. The Hall–Kier alpha value is -1.80. The molecular weight excluding hydrogens is 459 g/mol. The molecule has 2 aromatic rings. The van der Waals surface area contributed by atoms with Crippen LogP contribution in [0.4, 0.5) is 4.79 Å². The fourth-order valence-corrected chi connectivity index (χ4v) is 5.32. The summed E-state index contributed by atoms with van der Waals surface area (Å²) in [5.74, 6) is 0. The Morgan fingerprint density at radius 1 is 1.16 bits per heavy atom. The molecule has 3 rings (SSSR count). The molecule has 1 aliphatic carbocycles. The average molecular weight is 485 g/mol. The van der Waals surface area contributed by atoms with Crippen LogP contribution in [0.3, 0.4) is 0 Å². The van der Waals surface area contributed by atoms with Crippen molar-refractivity contribution in [3.63, 3.8) is 0 Å². The number of ether oxygens (including phenoxy) is 1. The number of alkyl carbamates (subject to hydrolysis) is 1. The molecule has 0 aliphatic heterocycles. The van der Waals surface area contributed by atoms with Crippen molar-refractivity contribution in [2.45, 2.75) is 50.0 Å². The molecule has 2 aromatic carbocycles. The monoisotopic (exact) mass is 484 g/mol. The van der Waals surface area contributed by atoms with Gasteiger partial charge in [-0.05, 0) is 55.9 Å². The fourth-order valence-electron chi connectivity index (χ4n) is 3.46. The van der Waals surface area contributed by atoms with Crippen molar-refractivity contribution >= 4 is 39.3 Å². The molecule has 9 heteroatoms. The lowest BCUT2D eigenvalue weighted by Crippen LogP contribution is -2.57. The minimum Gasteiger partial charge on any atom is -0.445 e. The highest BCUT2D eigenvalue weighted by Gasteiger charge is 2.42. The summed E-state index contributed by atoms with van der Waals surface area (Å²) in [6, 6.07) is 14.5. The zero-order valence-corrected chi connectivity index (χ0v) is 19.6. The second kappa shape index (κ2) is 10.2. The van der Waals surface area contributed by atoms with E-state index in [1.165, 1.54) is 0 Å². The van der Waals surface area contributed by atoms with Gasteiger partial charge >= 0.3 is 6.09 Å². The summed E-state index contributed by atoms with van der Waals surface area (Å²) in [4.78, 5) is 11.9. The first-order chi connectivity index (χ1) is 14.7. The predicted octanol–water partition coefficient (Wildman–Crippen LogP) is 4.69. The number of benzene rings is 2. The first-order valence-electron chi connectivity index (χ1n) is 10.1. The summed E-state index contributed by atoms with van der Waals surface area (Å²) in [6.07, 6.45) is 2.22. The second-order valence-electron chi connectivity index (χ2n) is 7.95. The van der Waals surface area contributed by atoms with Gasteiger partial charge in [0.05, 0.1) is 5.25 Å². The largest absolute Gasteiger partial charge is 0.445 e. The van der Waals surface area contributed by atoms with Crippen LogP contribution in [0.2, 0.25) is 10.0 Å². The summed E-state index contributed by atoms with van der Waals surface area (Å²) < 4.78 is 33.8. The minimum atomic E-state index is -3.67. The van der Waals surface area contributed by atoms with Crippen LogP contribution in [0.15, 0.2) is 48.5 Å². The number of nitrogens with one attached hydrogen (secondary N) is 2. The third kappa shape index (κ3) is 6.59. The minimum absolute atomic E-state index is 0.0548. The van der Waals surface area contributed by atoms with Crippen LogP contribution < -0.4 is 10.0 Å². The van der Waals surface area contributed by atoms with Crippen molar-refractivity contribution < 1.29 is 17.9 Å². The molecule has 0 radical (unpaired) electrons. The lowest BCUT2D eigenvalue weighted by Gasteiger charge is -2.43. The van der Waals surface area contributed by atoms with Crippen molar-refractivity contribution in [3.8, 4) is 0 Å². The molecule has 2 N–H and O–H groups in total. The molecule has 0 heterocycles. The highest BCUT2D eigenvalue weighted by molar-refractivity contribution is 7.90. The number of halogens is 2. The number of carbonyl (C=O) groups excluding carboxylic acids is 1. The summed E-state index contributed by atoms with van der Waals surface area (Å²) in [5.41, 5.74) is 1.13. The Morgan fingerprint density at radius 3 is 2.48 bits per heavy atom. The normalized spacial score (nSPS) is 16.2. The molecule has 1 fully saturated rings. The Labute approximate surface area is 193 Å². The molecule has 31 heavy (non-hydrogen) atoms. The van der Waals surface area contributed by atoms with E-state index in [1.54, 1.807) is 19.1 Å². The Kier molecular flexibility index (Phi) is 7.86. The van der Waals surface area contributed by atoms with Gasteiger partial charge in [-0.3, -0.25) is 0 Å². The number of hydrogen-bond acceptors (Lipinski definition) is 4. The third-order valence-electron chi connectivity index (χ3n) is 5.49. The van der Waals surface area contributed by atoms with E-state index >= 15 is 0 Å². The molecule has 1 saturated carbocycles. The van der Waals surface area contributed by atoms with Crippen LogP contribution in [-0.2, 0) is 27.8 Å². The van der Waals surface area contributed by atoms with Gasteiger partial charge in [0.15, 0.2) is 0 Å². The van der Waals surface area contributed by atoms with Crippen LogP contribution >= 0.6 is 23.2 Å². The van der Waals surface area contributed by atoms with Crippen LogP contribution in [-0.4, -0.2) is 31.8 Å². The fraction of sp³-hybridized carbons (Fsp3) is 0.409. The first-order valence-corrected chi connectivity index (χ1v) is 12.4. The lowest BCUT2D eigenvalue weighted by atomic mass is 9.74. The van der Waals surface area contributed by atoms with Crippen LogP contribution in [0.1, 0.15) is 37.3 Å². The van der Waals surface area contributed by atoms with Gasteiger partial charge in [-0.2, -0.15) is 0 Å². The Bertz CT molecular complexity index is 1010. The lowest BCUT2D eigenvalue weighted by molar-refractivity contribution is 0.139.